The fraction of sp³-hybridized carbons (Fsp3) is 0.0667. The molecule has 0 radical (unpaired) electrons. The molecular weight excluding hydrogens is 240 g/mol. The molecule has 0 saturated heterocycles. The van der Waals surface area contributed by atoms with Gasteiger partial charge in [-0.1, -0.05) is 18.2 Å². The van der Waals surface area contributed by atoms with Crippen molar-refractivity contribution in [2.24, 2.45) is 5.73 Å². The van der Waals surface area contributed by atoms with Crippen molar-refractivity contribution in [2.75, 3.05) is 0 Å². The average molecular weight is 252 g/mol. The Bertz CT molecular complexity index is 645. The summed E-state index contributed by atoms with van der Waals surface area (Å²) in [4.78, 5) is 11.0. The molecule has 19 heavy (non-hydrogen) atoms. The van der Waals surface area contributed by atoms with Gasteiger partial charge in [-0.15, -0.1) is 0 Å². The summed E-state index contributed by atoms with van der Waals surface area (Å²) < 4.78 is 5.57. The van der Waals surface area contributed by atoms with Crippen molar-refractivity contribution in [2.45, 2.75) is 6.61 Å². The van der Waals surface area contributed by atoms with Crippen molar-refractivity contribution in [3.63, 3.8) is 0 Å². The number of hydrogen-bond donors (Lipinski definition) is 1. The molecule has 0 spiro atoms. The van der Waals surface area contributed by atoms with Gasteiger partial charge in [0.1, 0.15) is 12.4 Å². The summed E-state index contributed by atoms with van der Waals surface area (Å²) in [5, 5.41) is 8.80. The third-order valence-electron chi connectivity index (χ3n) is 2.58. The monoisotopic (exact) mass is 252 g/mol. The number of nitriles is 1. The highest BCUT2D eigenvalue weighted by molar-refractivity contribution is 5.93. The number of ether oxygens (including phenoxy) is 1. The van der Waals surface area contributed by atoms with Crippen LogP contribution in [0.2, 0.25) is 0 Å². The van der Waals surface area contributed by atoms with E-state index in [4.69, 9.17) is 15.7 Å². The highest BCUT2D eigenvalue weighted by Gasteiger charge is 2.02. The Hall–Kier alpha value is -2.80. The lowest BCUT2D eigenvalue weighted by Crippen LogP contribution is -2.10. The molecule has 0 bridgehead atoms. The molecule has 1 amide bonds. The van der Waals surface area contributed by atoms with Crippen molar-refractivity contribution >= 4 is 5.91 Å². The van der Waals surface area contributed by atoms with Crippen molar-refractivity contribution in [1.82, 2.24) is 0 Å². The molecule has 2 aromatic rings. The first kappa shape index (κ1) is 12.7. The molecule has 0 aliphatic rings. The number of carbonyl (C=O) groups excluding carboxylic acids is 1. The predicted molar refractivity (Wildman–Crippen MR) is 70.4 cm³/mol. The Balaban J connectivity index is 2.08. The number of benzene rings is 2. The number of nitrogens with two attached hydrogens (primary N) is 1. The number of rotatable bonds is 4. The molecule has 0 saturated carbocycles. The van der Waals surface area contributed by atoms with Gasteiger partial charge in [0, 0.05) is 5.56 Å². The Kier molecular flexibility index (Phi) is 3.79. The number of hydrogen-bond acceptors (Lipinski definition) is 3. The lowest BCUT2D eigenvalue weighted by molar-refractivity contribution is 0.1000. The molecule has 0 aliphatic carbocycles. The zero-order valence-corrected chi connectivity index (χ0v) is 10.2. The largest absolute Gasteiger partial charge is 0.489 e. The van der Waals surface area contributed by atoms with E-state index in [0.717, 1.165) is 5.56 Å². The summed E-state index contributed by atoms with van der Waals surface area (Å²) in [6, 6.07) is 15.9. The maximum Gasteiger partial charge on any atom is 0.248 e. The average Bonchev–Trinajstić information content (AvgIpc) is 2.45. The summed E-state index contributed by atoms with van der Waals surface area (Å²) in [7, 11) is 0. The Morgan fingerprint density at radius 1 is 1.21 bits per heavy atom. The van der Waals surface area contributed by atoms with Gasteiger partial charge in [-0.05, 0) is 35.9 Å². The Morgan fingerprint density at radius 2 is 2.00 bits per heavy atom. The Labute approximate surface area is 111 Å². The third kappa shape index (κ3) is 3.33. The summed E-state index contributed by atoms with van der Waals surface area (Å²) in [5.74, 6) is 0.0792. The lowest BCUT2D eigenvalue weighted by Gasteiger charge is -2.07. The fourth-order valence-corrected chi connectivity index (χ4v) is 1.64. The quantitative estimate of drug-likeness (QED) is 0.906. The van der Waals surface area contributed by atoms with Gasteiger partial charge in [0.15, 0.2) is 0 Å². The van der Waals surface area contributed by atoms with E-state index in [-0.39, 0.29) is 0 Å². The maximum absolute atomic E-state index is 11.0. The minimum atomic E-state index is -0.489. The minimum absolute atomic E-state index is 0.331. The summed E-state index contributed by atoms with van der Waals surface area (Å²) in [6.07, 6.45) is 0. The van der Waals surface area contributed by atoms with Gasteiger partial charge in [0.25, 0.3) is 0 Å². The fourth-order valence-electron chi connectivity index (χ4n) is 1.64. The smallest absolute Gasteiger partial charge is 0.248 e. The van der Waals surface area contributed by atoms with E-state index in [9.17, 15) is 4.79 Å². The molecule has 2 N–H and O–H groups in total. The van der Waals surface area contributed by atoms with Gasteiger partial charge in [0.05, 0.1) is 11.6 Å². The van der Waals surface area contributed by atoms with E-state index >= 15 is 0 Å². The van der Waals surface area contributed by atoms with Gasteiger partial charge >= 0.3 is 0 Å². The first-order valence-corrected chi connectivity index (χ1v) is 5.71. The molecule has 2 aromatic carbocycles. The second kappa shape index (κ2) is 5.69. The van der Waals surface area contributed by atoms with Crippen LogP contribution in [-0.4, -0.2) is 5.91 Å². The van der Waals surface area contributed by atoms with Gasteiger partial charge in [-0.2, -0.15) is 5.26 Å². The molecule has 0 fully saturated rings. The number of carbonyl (C=O) groups is 1. The van der Waals surface area contributed by atoms with Crippen LogP contribution >= 0.6 is 0 Å². The van der Waals surface area contributed by atoms with Crippen LogP contribution in [0.5, 0.6) is 5.75 Å². The van der Waals surface area contributed by atoms with E-state index in [0.29, 0.717) is 23.5 Å². The van der Waals surface area contributed by atoms with E-state index in [1.54, 1.807) is 42.5 Å². The van der Waals surface area contributed by atoms with Crippen molar-refractivity contribution in [3.05, 3.63) is 65.2 Å². The van der Waals surface area contributed by atoms with Gasteiger partial charge in [-0.3, -0.25) is 4.79 Å². The second-order valence-electron chi connectivity index (χ2n) is 3.99. The maximum atomic E-state index is 11.0. The van der Waals surface area contributed by atoms with Crippen LogP contribution in [0.15, 0.2) is 48.5 Å². The second-order valence-corrected chi connectivity index (χ2v) is 3.99. The van der Waals surface area contributed by atoms with E-state index in [1.165, 1.54) is 0 Å². The van der Waals surface area contributed by atoms with Gasteiger partial charge in [-0.25, -0.2) is 0 Å². The first-order chi connectivity index (χ1) is 9.19. The highest BCUT2D eigenvalue weighted by Crippen LogP contribution is 2.15. The molecule has 0 heterocycles. The molecular formula is C15H12N2O2. The molecule has 2 rings (SSSR count). The van der Waals surface area contributed by atoms with Crippen LogP contribution < -0.4 is 10.5 Å². The van der Waals surface area contributed by atoms with Crippen LogP contribution in [0.4, 0.5) is 0 Å². The number of nitrogens with zero attached hydrogens (tertiary/aromatic N) is 1. The van der Waals surface area contributed by atoms with E-state index in [2.05, 4.69) is 6.07 Å². The van der Waals surface area contributed by atoms with Crippen LogP contribution in [0.1, 0.15) is 21.5 Å². The molecule has 0 atom stereocenters. The van der Waals surface area contributed by atoms with Crippen LogP contribution in [0.25, 0.3) is 0 Å². The van der Waals surface area contributed by atoms with Crippen molar-refractivity contribution < 1.29 is 9.53 Å². The molecule has 4 nitrogen and oxygen atoms in total. The van der Waals surface area contributed by atoms with E-state index in [1.807, 2.05) is 6.07 Å². The topological polar surface area (TPSA) is 76.1 Å². The van der Waals surface area contributed by atoms with Crippen LogP contribution in [0, 0.1) is 11.3 Å². The standard InChI is InChI=1S/C15H12N2O2/c16-9-11-3-1-4-12(7-11)10-19-14-6-2-5-13(8-14)15(17)18/h1-8H,10H2,(H2,17,18). The molecule has 4 heteroatoms. The van der Waals surface area contributed by atoms with Gasteiger partial charge < -0.3 is 10.5 Å². The third-order valence-corrected chi connectivity index (χ3v) is 2.58. The zero-order chi connectivity index (χ0) is 13.7. The lowest BCUT2D eigenvalue weighted by atomic mass is 10.1. The number of primary amides is 1. The zero-order valence-electron chi connectivity index (χ0n) is 10.2. The predicted octanol–water partition coefficient (Wildman–Crippen LogP) is 2.24. The van der Waals surface area contributed by atoms with Crippen LogP contribution in [0.3, 0.4) is 0 Å². The highest BCUT2D eigenvalue weighted by atomic mass is 16.5. The first-order valence-electron chi connectivity index (χ1n) is 5.71. The molecule has 94 valence electrons. The van der Waals surface area contributed by atoms with Crippen LogP contribution in [-0.2, 0) is 6.61 Å². The molecule has 0 unspecified atom stereocenters. The Morgan fingerprint density at radius 3 is 2.74 bits per heavy atom. The summed E-state index contributed by atoms with van der Waals surface area (Å²) in [6.45, 7) is 0.331. The summed E-state index contributed by atoms with van der Waals surface area (Å²) in [5.41, 5.74) is 7.09. The van der Waals surface area contributed by atoms with Crippen molar-refractivity contribution in [1.29, 1.82) is 5.26 Å². The minimum Gasteiger partial charge on any atom is -0.489 e. The van der Waals surface area contributed by atoms with Crippen molar-refractivity contribution in [3.8, 4) is 11.8 Å². The normalized spacial score (nSPS) is 9.63. The molecule has 0 aromatic heterocycles. The summed E-state index contributed by atoms with van der Waals surface area (Å²) >= 11 is 0. The SMILES string of the molecule is N#Cc1cccc(COc2cccc(C(N)=O)c2)c1. The van der Waals surface area contributed by atoms with E-state index < -0.39 is 5.91 Å². The van der Waals surface area contributed by atoms with Gasteiger partial charge in [0.2, 0.25) is 5.91 Å². The number of amides is 1. The molecule has 0 aliphatic heterocycles.